The zero-order chi connectivity index (χ0) is 26.4. The van der Waals surface area contributed by atoms with E-state index in [2.05, 4.69) is 4.90 Å². The molecule has 2 aliphatic heterocycles. The topological polar surface area (TPSA) is 73.2 Å². The number of hydrogen-bond donors (Lipinski definition) is 2. The average Bonchev–Trinajstić information content (AvgIpc) is 2.85. The van der Waals surface area contributed by atoms with Crippen LogP contribution in [0.1, 0.15) is 31.2 Å². The molecule has 9 heteroatoms. The Balaban J connectivity index is 1.18. The minimum absolute atomic E-state index is 0.0319. The minimum atomic E-state index is -0.871. The van der Waals surface area contributed by atoms with Gasteiger partial charge in [-0.05, 0) is 74.2 Å². The van der Waals surface area contributed by atoms with Gasteiger partial charge in [-0.2, -0.15) is 0 Å². The second kappa shape index (κ2) is 12.3. The fourth-order valence-electron chi connectivity index (χ4n) is 4.91. The Bertz CT molecular complexity index is 1090. The number of piperidine rings is 2. The lowest BCUT2D eigenvalue weighted by atomic mass is 9.87. The molecule has 2 atom stereocenters. The summed E-state index contributed by atoms with van der Waals surface area (Å²) in [4.78, 5) is 16.3. The number of ether oxygens (including phenoxy) is 1. The van der Waals surface area contributed by atoms with Crippen molar-refractivity contribution in [2.45, 2.75) is 37.4 Å². The van der Waals surface area contributed by atoms with Crippen LogP contribution < -0.4 is 4.74 Å². The molecule has 2 fully saturated rings. The third-order valence-corrected chi connectivity index (χ3v) is 7.50. The van der Waals surface area contributed by atoms with Gasteiger partial charge in [0.1, 0.15) is 17.4 Å². The maximum atomic E-state index is 13.3. The molecule has 37 heavy (non-hydrogen) atoms. The lowest BCUT2D eigenvalue weighted by molar-refractivity contribution is -0.130. The highest BCUT2D eigenvalue weighted by Gasteiger charge is 2.35. The van der Waals surface area contributed by atoms with Crippen LogP contribution in [-0.2, 0) is 4.79 Å². The highest BCUT2D eigenvalue weighted by Crippen LogP contribution is 2.28. The van der Waals surface area contributed by atoms with Crippen molar-refractivity contribution in [3.8, 4) is 5.75 Å². The number of carbonyl (C=O) groups is 1. The van der Waals surface area contributed by atoms with Gasteiger partial charge in [-0.3, -0.25) is 4.79 Å². The van der Waals surface area contributed by atoms with E-state index in [1.807, 2.05) is 12.1 Å². The Kier molecular flexibility index (Phi) is 9.18. The van der Waals surface area contributed by atoms with E-state index in [-0.39, 0.29) is 17.4 Å². The van der Waals surface area contributed by atoms with E-state index >= 15 is 0 Å². The van der Waals surface area contributed by atoms with Gasteiger partial charge >= 0.3 is 0 Å². The van der Waals surface area contributed by atoms with Crippen LogP contribution in [0.3, 0.4) is 0 Å². The van der Waals surface area contributed by atoms with Gasteiger partial charge in [0.25, 0.3) is 0 Å². The third-order valence-electron chi connectivity index (χ3n) is 7.27. The Morgan fingerprint density at radius 3 is 2.54 bits per heavy atom. The number of aliphatic hydroxyl groups excluding tert-OH is 1. The van der Waals surface area contributed by atoms with Gasteiger partial charge in [-0.15, -0.1) is 0 Å². The zero-order valence-corrected chi connectivity index (χ0v) is 21.4. The Hall–Kier alpha value is -2.52. The SMILES string of the molecule is O=C(/C=C/c1cc(F)cc(F)c1)N1CCC(O)(CCN2CCC(COc3cccc(Cl)c3)C(O)C2)CC1. The fourth-order valence-corrected chi connectivity index (χ4v) is 5.09. The number of likely N-dealkylation sites (tertiary alicyclic amines) is 2. The molecule has 0 aliphatic carbocycles. The predicted octanol–water partition coefficient (Wildman–Crippen LogP) is 4.14. The molecule has 1 amide bonds. The zero-order valence-electron chi connectivity index (χ0n) is 20.7. The maximum absolute atomic E-state index is 13.3. The summed E-state index contributed by atoms with van der Waals surface area (Å²) in [7, 11) is 0. The van der Waals surface area contributed by atoms with Gasteiger partial charge < -0.3 is 24.7 Å². The average molecular weight is 535 g/mol. The molecule has 2 aliphatic rings. The molecule has 2 unspecified atom stereocenters. The van der Waals surface area contributed by atoms with E-state index in [1.165, 1.54) is 12.2 Å². The van der Waals surface area contributed by atoms with Gasteiger partial charge in [0, 0.05) is 49.3 Å². The Morgan fingerprint density at radius 2 is 1.86 bits per heavy atom. The molecule has 0 bridgehead atoms. The number of hydrogen-bond acceptors (Lipinski definition) is 5. The van der Waals surface area contributed by atoms with Crippen molar-refractivity contribution in [1.29, 1.82) is 0 Å². The normalized spacial score (nSPS) is 22.4. The van der Waals surface area contributed by atoms with Crippen LogP contribution in [-0.4, -0.2) is 77.0 Å². The van der Waals surface area contributed by atoms with Gasteiger partial charge in [-0.25, -0.2) is 8.78 Å². The summed E-state index contributed by atoms with van der Waals surface area (Å²) in [6.45, 7) is 3.23. The number of benzene rings is 2. The summed E-state index contributed by atoms with van der Waals surface area (Å²) in [5, 5.41) is 22.3. The van der Waals surface area contributed by atoms with Gasteiger partial charge in [0.15, 0.2) is 0 Å². The molecule has 4 rings (SSSR count). The molecule has 2 N–H and O–H groups in total. The Labute approximate surface area is 221 Å². The third kappa shape index (κ3) is 7.98. The quantitative estimate of drug-likeness (QED) is 0.498. The van der Waals surface area contributed by atoms with Gasteiger partial charge in [-0.1, -0.05) is 17.7 Å². The molecule has 200 valence electrons. The summed E-state index contributed by atoms with van der Waals surface area (Å²) < 4.78 is 32.5. The van der Waals surface area contributed by atoms with Crippen LogP contribution in [0.25, 0.3) is 6.08 Å². The number of rotatable bonds is 8. The van der Waals surface area contributed by atoms with E-state index in [0.29, 0.717) is 62.8 Å². The fraction of sp³-hybridized carbons (Fsp3) is 0.464. The summed E-state index contributed by atoms with van der Waals surface area (Å²) in [6, 6.07) is 10.3. The highest BCUT2D eigenvalue weighted by atomic mass is 35.5. The van der Waals surface area contributed by atoms with E-state index in [4.69, 9.17) is 16.3 Å². The van der Waals surface area contributed by atoms with E-state index in [9.17, 15) is 23.8 Å². The molecule has 0 radical (unpaired) electrons. The summed E-state index contributed by atoms with van der Waals surface area (Å²) in [5.74, 6) is -0.926. The lowest BCUT2D eigenvalue weighted by Gasteiger charge is -2.41. The molecule has 2 saturated heterocycles. The van der Waals surface area contributed by atoms with Crippen LogP contribution in [0.2, 0.25) is 5.02 Å². The van der Waals surface area contributed by atoms with Crippen LogP contribution in [0, 0.1) is 17.6 Å². The summed E-state index contributed by atoms with van der Waals surface area (Å²) in [5.41, 5.74) is -0.592. The predicted molar refractivity (Wildman–Crippen MR) is 138 cm³/mol. The van der Waals surface area contributed by atoms with Crippen LogP contribution in [0.15, 0.2) is 48.5 Å². The molecule has 0 aromatic heterocycles. The summed E-state index contributed by atoms with van der Waals surface area (Å²) in [6.07, 6.45) is 4.44. The Morgan fingerprint density at radius 1 is 1.14 bits per heavy atom. The van der Waals surface area contributed by atoms with E-state index < -0.39 is 23.3 Å². The maximum Gasteiger partial charge on any atom is 0.246 e. The molecule has 2 aromatic carbocycles. The monoisotopic (exact) mass is 534 g/mol. The van der Waals surface area contributed by atoms with Crippen molar-refractivity contribution < 1.29 is 28.5 Å². The van der Waals surface area contributed by atoms with Gasteiger partial charge in [0.2, 0.25) is 5.91 Å². The van der Waals surface area contributed by atoms with Crippen LogP contribution >= 0.6 is 11.6 Å². The number of halogens is 3. The van der Waals surface area contributed by atoms with Crippen molar-refractivity contribution in [2.24, 2.45) is 5.92 Å². The molecule has 0 saturated carbocycles. The first-order chi connectivity index (χ1) is 17.7. The van der Waals surface area contributed by atoms with Crippen LogP contribution in [0.4, 0.5) is 8.78 Å². The second-order valence-electron chi connectivity index (χ2n) is 10.0. The van der Waals surface area contributed by atoms with Crippen molar-refractivity contribution in [3.05, 3.63) is 70.8 Å². The van der Waals surface area contributed by atoms with Crippen LogP contribution in [0.5, 0.6) is 5.75 Å². The van der Waals surface area contributed by atoms with Crippen molar-refractivity contribution in [2.75, 3.05) is 39.3 Å². The van der Waals surface area contributed by atoms with E-state index in [0.717, 1.165) is 31.2 Å². The van der Waals surface area contributed by atoms with Crippen molar-refractivity contribution in [1.82, 2.24) is 9.80 Å². The van der Waals surface area contributed by atoms with Crippen molar-refractivity contribution in [3.63, 3.8) is 0 Å². The van der Waals surface area contributed by atoms with Gasteiger partial charge in [0.05, 0.1) is 18.3 Å². The second-order valence-corrected chi connectivity index (χ2v) is 10.5. The van der Waals surface area contributed by atoms with Crippen molar-refractivity contribution >= 4 is 23.6 Å². The number of β-amino-alcohol motifs (C(OH)–C–C–N with tert-alkyl or cyclic N) is 1. The molecular formula is C28H33ClF2N2O4. The first-order valence-corrected chi connectivity index (χ1v) is 13.0. The lowest BCUT2D eigenvalue weighted by Crippen LogP contribution is -2.50. The number of nitrogens with zero attached hydrogens (tertiary/aromatic N) is 2. The highest BCUT2D eigenvalue weighted by molar-refractivity contribution is 6.30. The van der Waals surface area contributed by atoms with E-state index in [1.54, 1.807) is 17.0 Å². The summed E-state index contributed by atoms with van der Waals surface area (Å²) >= 11 is 5.99. The number of amides is 1. The molecule has 2 aromatic rings. The molecular weight excluding hydrogens is 502 g/mol. The standard InChI is InChI=1S/C28H33ClF2N2O4/c29-22-2-1-3-25(16-22)37-19-21-6-10-32(18-26(21)34)11-7-28(36)8-12-33(13-9-28)27(35)5-4-20-14-23(30)17-24(31)15-20/h1-5,14-17,21,26,34,36H,6-13,18-19H2/b5-4+. The first kappa shape index (κ1) is 27.5. The molecule has 2 heterocycles. The first-order valence-electron chi connectivity index (χ1n) is 12.6. The molecule has 6 nitrogen and oxygen atoms in total. The minimum Gasteiger partial charge on any atom is -0.493 e. The number of aliphatic hydroxyl groups is 2. The smallest absolute Gasteiger partial charge is 0.246 e. The molecule has 0 spiro atoms. The number of carbonyl (C=O) groups excluding carboxylic acids is 1. The largest absolute Gasteiger partial charge is 0.493 e.